The molecule has 0 spiro atoms. The maximum Gasteiger partial charge on any atom is 0.182 e. The number of halogens is 1. The van der Waals surface area contributed by atoms with Crippen molar-refractivity contribution >= 4 is 12.4 Å². The summed E-state index contributed by atoms with van der Waals surface area (Å²) in [7, 11) is 0. The van der Waals surface area contributed by atoms with Crippen LogP contribution in [0.4, 0.5) is 0 Å². The Hall–Kier alpha value is -2.32. The molecule has 4 rings (SSSR count). The van der Waals surface area contributed by atoms with E-state index in [4.69, 9.17) is 0 Å². The minimum atomic E-state index is 0. The number of hydrogen-bond donors (Lipinski definition) is 2. The normalized spacial score (nSPS) is 17.2. The first-order valence-electron chi connectivity index (χ1n) is 8.31. The Morgan fingerprint density at radius 3 is 3.08 bits per heavy atom. The summed E-state index contributed by atoms with van der Waals surface area (Å²) in [5, 5.41) is 19.2. The molecule has 1 aliphatic heterocycles. The van der Waals surface area contributed by atoms with E-state index in [0.717, 1.165) is 43.1 Å². The number of rotatable bonds is 5. The molecule has 25 heavy (non-hydrogen) atoms. The minimum absolute atomic E-state index is 0. The van der Waals surface area contributed by atoms with E-state index in [0.29, 0.717) is 11.7 Å². The average molecular weight is 361 g/mol. The van der Waals surface area contributed by atoms with E-state index in [9.17, 15) is 0 Å². The van der Waals surface area contributed by atoms with Crippen LogP contribution >= 0.6 is 12.4 Å². The van der Waals surface area contributed by atoms with Gasteiger partial charge in [0, 0.05) is 49.6 Å². The van der Waals surface area contributed by atoms with Crippen molar-refractivity contribution < 1.29 is 0 Å². The Kier molecular flexibility index (Phi) is 5.72. The van der Waals surface area contributed by atoms with Crippen LogP contribution < -0.4 is 5.32 Å². The van der Waals surface area contributed by atoms with Gasteiger partial charge in [0.15, 0.2) is 5.82 Å². The van der Waals surface area contributed by atoms with Gasteiger partial charge in [0.1, 0.15) is 5.82 Å². The van der Waals surface area contributed by atoms with Crippen molar-refractivity contribution in [1.29, 1.82) is 0 Å². The molecule has 0 bridgehead atoms. The predicted octanol–water partition coefficient (Wildman–Crippen LogP) is 1.59. The van der Waals surface area contributed by atoms with Gasteiger partial charge in [-0.1, -0.05) is 5.21 Å². The van der Waals surface area contributed by atoms with Gasteiger partial charge in [0.05, 0.1) is 5.69 Å². The lowest BCUT2D eigenvalue weighted by Gasteiger charge is -2.20. The van der Waals surface area contributed by atoms with Crippen LogP contribution in [0, 0.1) is 0 Å². The van der Waals surface area contributed by atoms with E-state index in [2.05, 4.69) is 42.0 Å². The molecule has 1 aliphatic rings. The summed E-state index contributed by atoms with van der Waals surface area (Å²) in [5.74, 6) is 1.99. The number of aromatic nitrogens is 7. The second-order valence-electron chi connectivity index (χ2n) is 6.05. The van der Waals surface area contributed by atoms with E-state index >= 15 is 0 Å². The van der Waals surface area contributed by atoms with Crippen LogP contribution in [0.25, 0.3) is 11.4 Å². The topological polar surface area (TPSA) is 97.2 Å². The number of nitrogens with one attached hydrogen (secondary N) is 2. The molecule has 9 heteroatoms. The number of piperidine rings is 1. The Morgan fingerprint density at radius 1 is 1.32 bits per heavy atom. The fraction of sp³-hybridized carbons (Fsp3) is 0.438. The Balaban J connectivity index is 0.00000182. The van der Waals surface area contributed by atoms with Crippen molar-refractivity contribution in [2.75, 3.05) is 13.1 Å². The molecule has 3 aromatic heterocycles. The standard InChI is InChI=1S/C16H20N8.ClH/c1-3-12(9-17-6-1)14-11-24(23-20-14)8-5-15-19-16(22-21-15)13-4-2-7-18-10-13;/h2,4,7,10-12,17H,1,3,5-6,8-9H2,(H,19,21,22);1H. The van der Waals surface area contributed by atoms with Gasteiger partial charge in [-0.05, 0) is 31.5 Å². The van der Waals surface area contributed by atoms with Crippen molar-refractivity contribution in [1.82, 2.24) is 40.5 Å². The van der Waals surface area contributed by atoms with E-state index < -0.39 is 0 Å². The van der Waals surface area contributed by atoms with E-state index in [1.807, 2.05) is 16.8 Å². The monoisotopic (exact) mass is 360 g/mol. The highest BCUT2D eigenvalue weighted by Gasteiger charge is 2.18. The van der Waals surface area contributed by atoms with Crippen molar-refractivity contribution in [3.05, 3.63) is 42.2 Å². The van der Waals surface area contributed by atoms with Gasteiger partial charge in [0.2, 0.25) is 0 Å². The van der Waals surface area contributed by atoms with Gasteiger partial charge < -0.3 is 5.32 Å². The molecule has 1 saturated heterocycles. The highest BCUT2D eigenvalue weighted by molar-refractivity contribution is 5.85. The van der Waals surface area contributed by atoms with Gasteiger partial charge in [-0.3, -0.25) is 14.8 Å². The van der Waals surface area contributed by atoms with E-state index in [-0.39, 0.29) is 12.4 Å². The van der Waals surface area contributed by atoms with Crippen LogP contribution in [-0.4, -0.2) is 48.2 Å². The highest BCUT2D eigenvalue weighted by atomic mass is 35.5. The first kappa shape index (κ1) is 17.5. The number of hydrogen-bond acceptors (Lipinski definition) is 6. The first-order chi connectivity index (χ1) is 11.9. The molecule has 0 aliphatic carbocycles. The zero-order valence-corrected chi connectivity index (χ0v) is 14.6. The zero-order valence-electron chi connectivity index (χ0n) is 13.8. The third-order valence-electron chi connectivity index (χ3n) is 4.30. The number of H-pyrrole nitrogens is 1. The average Bonchev–Trinajstić information content (AvgIpc) is 3.31. The maximum absolute atomic E-state index is 4.51. The molecule has 1 fully saturated rings. The summed E-state index contributed by atoms with van der Waals surface area (Å²) in [5.41, 5.74) is 1.99. The second-order valence-corrected chi connectivity index (χ2v) is 6.05. The number of pyridine rings is 1. The molecule has 2 N–H and O–H groups in total. The van der Waals surface area contributed by atoms with Crippen LogP contribution in [0.1, 0.15) is 30.3 Å². The summed E-state index contributed by atoms with van der Waals surface area (Å²) >= 11 is 0. The highest BCUT2D eigenvalue weighted by Crippen LogP contribution is 2.20. The summed E-state index contributed by atoms with van der Waals surface area (Å²) in [6, 6.07) is 3.82. The van der Waals surface area contributed by atoms with Crippen LogP contribution in [0.5, 0.6) is 0 Å². The number of nitrogens with zero attached hydrogens (tertiary/aromatic N) is 6. The SMILES string of the molecule is Cl.c1cncc(-c2n[nH]c(CCn3cc(C4CCCNC4)nn3)n2)c1. The summed E-state index contributed by atoms with van der Waals surface area (Å²) in [4.78, 5) is 8.60. The quantitative estimate of drug-likeness (QED) is 0.717. The lowest BCUT2D eigenvalue weighted by molar-refractivity contribution is 0.454. The number of aryl methyl sites for hydroxylation is 2. The third kappa shape index (κ3) is 4.21. The Morgan fingerprint density at radius 2 is 2.28 bits per heavy atom. The molecular formula is C16H21ClN8. The van der Waals surface area contributed by atoms with Gasteiger partial charge in [-0.2, -0.15) is 5.10 Å². The lowest BCUT2D eigenvalue weighted by Crippen LogP contribution is -2.28. The molecule has 132 valence electrons. The van der Waals surface area contributed by atoms with Crippen LogP contribution in [0.3, 0.4) is 0 Å². The lowest BCUT2D eigenvalue weighted by atomic mass is 9.97. The summed E-state index contributed by atoms with van der Waals surface area (Å²) < 4.78 is 1.89. The molecule has 0 amide bonds. The first-order valence-corrected chi connectivity index (χ1v) is 8.31. The molecule has 0 aromatic carbocycles. The smallest absolute Gasteiger partial charge is 0.182 e. The van der Waals surface area contributed by atoms with E-state index in [1.54, 1.807) is 12.4 Å². The summed E-state index contributed by atoms with van der Waals surface area (Å²) in [6.45, 7) is 2.83. The molecule has 1 atom stereocenters. The third-order valence-corrected chi connectivity index (χ3v) is 4.30. The Labute approximate surface area is 151 Å². The minimum Gasteiger partial charge on any atom is -0.316 e. The molecule has 3 aromatic rings. The fourth-order valence-corrected chi connectivity index (χ4v) is 2.97. The van der Waals surface area contributed by atoms with Gasteiger partial charge in [0.25, 0.3) is 0 Å². The Bertz CT molecular complexity index is 778. The zero-order chi connectivity index (χ0) is 16.2. The second kappa shape index (κ2) is 8.17. The van der Waals surface area contributed by atoms with Crippen LogP contribution in [0.2, 0.25) is 0 Å². The molecule has 8 nitrogen and oxygen atoms in total. The summed E-state index contributed by atoms with van der Waals surface area (Å²) in [6.07, 6.45) is 8.67. The molecular weight excluding hydrogens is 340 g/mol. The molecule has 0 radical (unpaired) electrons. The van der Waals surface area contributed by atoms with Gasteiger partial charge in [-0.25, -0.2) is 4.98 Å². The maximum atomic E-state index is 4.51. The van der Waals surface area contributed by atoms with Crippen molar-refractivity contribution in [3.63, 3.8) is 0 Å². The molecule has 4 heterocycles. The predicted molar refractivity (Wildman–Crippen MR) is 95.4 cm³/mol. The van der Waals surface area contributed by atoms with Crippen LogP contribution in [-0.2, 0) is 13.0 Å². The molecule has 1 unspecified atom stereocenters. The van der Waals surface area contributed by atoms with E-state index in [1.165, 1.54) is 12.8 Å². The van der Waals surface area contributed by atoms with Gasteiger partial charge in [-0.15, -0.1) is 17.5 Å². The number of aromatic amines is 1. The molecule has 0 saturated carbocycles. The van der Waals surface area contributed by atoms with Crippen LogP contribution in [0.15, 0.2) is 30.7 Å². The van der Waals surface area contributed by atoms with Crippen molar-refractivity contribution in [2.24, 2.45) is 0 Å². The van der Waals surface area contributed by atoms with Crippen molar-refractivity contribution in [3.8, 4) is 11.4 Å². The van der Waals surface area contributed by atoms with Gasteiger partial charge >= 0.3 is 0 Å². The van der Waals surface area contributed by atoms with Crippen molar-refractivity contribution in [2.45, 2.75) is 31.7 Å². The largest absolute Gasteiger partial charge is 0.316 e. The fourth-order valence-electron chi connectivity index (χ4n) is 2.97.